The third-order valence-corrected chi connectivity index (χ3v) is 3.04. The lowest BCUT2D eigenvalue weighted by molar-refractivity contribution is -0.132. The van der Waals surface area contributed by atoms with Crippen LogP contribution in [0.25, 0.3) is 0 Å². The zero-order chi connectivity index (χ0) is 13.0. The maximum Gasteiger partial charge on any atom is 0.240 e. The number of fused-ring (bicyclic) bond motifs is 1. The van der Waals surface area contributed by atoms with Gasteiger partial charge in [-0.3, -0.25) is 10.1 Å². The van der Waals surface area contributed by atoms with Crippen LogP contribution in [0.1, 0.15) is 11.4 Å². The van der Waals surface area contributed by atoms with E-state index in [-0.39, 0.29) is 11.9 Å². The van der Waals surface area contributed by atoms with Crippen molar-refractivity contribution < 1.29 is 4.79 Å². The number of nitrogens with one attached hydrogen (secondary N) is 2. The molecule has 0 spiro atoms. The number of carbonyl (C=O) groups excluding carboxylic acids is 1. The second-order valence-corrected chi connectivity index (χ2v) is 4.29. The lowest BCUT2D eigenvalue weighted by Gasteiger charge is -2.28. The minimum absolute atomic E-state index is 0.0726. The molecular weight excluding hydrogens is 228 g/mol. The van der Waals surface area contributed by atoms with Crippen LogP contribution < -0.4 is 5.32 Å². The Morgan fingerprint density at radius 3 is 2.89 bits per heavy atom. The third kappa shape index (κ3) is 2.51. The Morgan fingerprint density at radius 1 is 1.50 bits per heavy atom. The van der Waals surface area contributed by atoms with Gasteiger partial charge in [0.05, 0.1) is 23.8 Å². The molecule has 0 saturated carbocycles. The Morgan fingerprint density at radius 2 is 2.22 bits per heavy atom. The number of nitrogens with zero attached hydrogens (tertiary/aromatic N) is 2. The molecule has 18 heavy (non-hydrogen) atoms. The van der Waals surface area contributed by atoms with Crippen molar-refractivity contribution in [1.29, 1.82) is 0 Å². The minimum atomic E-state index is -0.208. The van der Waals surface area contributed by atoms with Crippen molar-refractivity contribution in [1.82, 2.24) is 20.2 Å². The molecular formula is C13H18N4O. The van der Waals surface area contributed by atoms with Crippen molar-refractivity contribution in [3.05, 3.63) is 43.0 Å². The summed E-state index contributed by atoms with van der Waals surface area (Å²) in [5, 5.41) is 3.23. The highest BCUT2D eigenvalue weighted by atomic mass is 16.2. The van der Waals surface area contributed by atoms with Crippen molar-refractivity contribution in [3.63, 3.8) is 0 Å². The van der Waals surface area contributed by atoms with Gasteiger partial charge in [-0.05, 0) is 0 Å². The van der Waals surface area contributed by atoms with Gasteiger partial charge in [0.2, 0.25) is 5.91 Å². The minimum Gasteiger partial charge on any atom is -0.347 e. The van der Waals surface area contributed by atoms with Crippen LogP contribution in [0.2, 0.25) is 0 Å². The fourth-order valence-corrected chi connectivity index (χ4v) is 2.13. The van der Waals surface area contributed by atoms with Gasteiger partial charge < -0.3 is 9.88 Å². The summed E-state index contributed by atoms with van der Waals surface area (Å²) in [6.45, 7) is 9.07. The van der Waals surface area contributed by atoms with Gasteiger partial charge in [-0.2, -0.15) is 0 Å². The van der Waals surface area contributed by atoms with Gasteiger partial charge in [-0.1, -0.05) is 12.2 Å². The van der Waals surface area contributed by atoms with E-state index in [1.165, 1.54) is 0 Å². The van der Waals surface area contributed by atoms with Gasteiger partial charge >= 0.3 is 0 Å². The standard InChI is InChI=1S/C13H18N4O/c1-3-5-17(6-4-2)13(18)11-7-10-12(8-14-11)16-9-15-10/h3-4,9,11,14H,1-2,5-8H2,(H,15,16). The SMILES string of the molecule is C=CCN(CC=C)C(=O)C1Cc2nc[nH]c2CN1. The summed E-state index contributed by atoms with van der Waals surface area (Å²) in [6.07, 6.45) is 5.75. The molecule has 5 nitrogen and oxygen atoms in total. The Bertz CT molecular complexity index is 442. The maximum absolute atomic E-state index is 12.3. The normalized spacial score (nSPS) is 17.9. The predicted molar refractivity (Wildman–Crippen MR) is 69.9 cm³/mol. The van der Waals surface area contributed by atoms with Crippen molar-refractivity contribution >= 4 is 5.91 Å². The van der Waals surface area contributed by atoms with E-state index < -0.39 is 0 Å². The number of rotatable bonds is 5. The van der Waals surface area contributed by atoms with E-state index in [9.17, 15) is 4.79 Å². The number of amides is 1. The summed E-state index contributed by atoms with van der Waals surface area (Å²) in [7, 11) is 0. The van der Waals surface area contributed by atoms with Crippen molar-refractivity contribution in [2.45, 2.75) is 19.0 Å². The number of hydrogen-bond acceptors (Lipinski definition) is 3. The molecule has 0 saturated heterocycles. The molecule has 2 rings (SSSR count). The summed E-state index contributed by atoms with van der Waals surface area (Å²) in [5.74, 6) is 0.0726. The zero-order valence-electron chi connectivity index (χ0n) is 10.4. The van der Waals surface area contributed by atoms with E-state index in [1.54, 1.807) is 23.4 Å². The van der Waals surface area contributed by atoms with E-state index in [4.69, 9.17) is 0 Å². The highest BCUT2D eigenvalue weighted by molar-refractivity contribution is 5.82. The third-order valence-electron chi connectivity index (χ3n) is 3.04. The molecule has 2 heterocycles. The van der Waals surface area contributed by atoms with Crippen molar-refractivity contribution in [2.24, 2.45) is 0 Å². The van der Waals surface area contributed by atoms with Gasteiger partial charge in [0.15, 0.2) is 0 Å². The summed E-state index contributed by atoms with van der Waals surface area (Å²) in [5.41, 5.74) is 2.04. The topological polar surface area (TPSA) is 61.0 Å². The smallest absolute Gasteiger partial charge is 0.240 e. The fraction of sp³-hybridized carbons (Fsp3) is 0.385. The molecule has 1 unspecified atom stereocenters. The lowest BCUT2D eigenvalue weighted by atomic mass is 10.0. The van der Waals surface area contributed by atoms with Gasteiger partial charge in [-0.15, -0.1) is 13.2 Å². The molecule has 0 fully saturated rings. The molecule has 0 aromatic carbocycles. The summed E-state index contributed by atoms with van der Waals surface area (Å²) >= 11 is 0. The van der Waals surface area contributed by atoms with Gasteiger partial charge in [0.1, 0.15) is 0 Å². The molecule has 1 amide bonds. The van der Waals surface area contributed by atoms with Crippen LogP contribution in [0.4, 0.5) is 0 Å². The van der Waals surface area contributed by atoms with Crippen LogP contribution in [0.3, 0.4) is 0 Å². The van der Waals surface area contributed by atoms with Crippen LogP contribution >= 0.6 is 0 Å². The van der Waals surface area contributed by atoms with Crippen LogP contribution in [0.5, 0.6) is 0 Å². The molecule has 1 atom stereocenters. The Labute approximate surface area is 107 Å². The first-order valence-electron chi connectivity index (χ1n) is 6.01. The Balaban J connectivity index is 2.05. The second-order valence-electron chi connectivity index (χ2n) is 4.29. The highest BCUT2D eigenvalue weighted by Crippen LogP contribution is 2.13. The van der Waals surface area contributed by atoms with E-state index in [1.807, 2.05) is 0 Å². The monoisotopic (exact) mass is 246 g/mol. The quantitative estimate of drug-likeness (QED) is 0.749. The van der Waals surface area contributed by atoms with Crippen molar-refractivity contribution in [2.75, 3.05) is 13.1 Å². The molecule has 5 heteroatoms. The Kier molecular flexibility index (Phi) is 3.94. The van der Waals surface area contributed by atoms with E-state index in [0.717, 1.165) is 11.4 Å². The fourth-order valence-electron chi connectivity index (χ4n) is 2.13. The average Bonchev–Trinajstić information content (AvgIpc) is 2.84. The van der Waals surface area contributed by atoms with Crippen LogP contribution in [-0.2, 0) is 17.8 Å². The van der Waals surface area contributed by atoms with E-state index in [2.05, 4.69) is 28.4 Å². The number of H-pyrrole nitrogens is 1. The number of aromatic amines is 1. The van der Waals surface area contributed by atoms with Crippen LogP contribution in [0.15, 0.2) is 31.6 Å². The zero-order valence-corrected chi connectivity index (χ0v) is 10.4. The molecule has 1 aromatic rings. The van der Waals surface area contributed by atoms with E-state index in [0.29, 0.717) is 26.1 Å². The molecule has 1 aliphatic rings. The molecule has 1 aromatic heterocycles. The second kappa shape index (κ2) is 5.64. The molecule has 96 valence electrons. The number of hydrogen-bond donors (Lipinski definition) is 2. The van der Waals surface area contributed by atoms with E-state index >= 15 is 0 Å². The molecule has 0 bridgehead atoms. The first-order valence-corrected chi connectivity index (χ1v) is 6.01. The van der Waals surface area contributed by atoms with Gasteiger partial charge in [-0.25, -0.2) is 4.98 Å². The summed E-state index contributed by atoms with van der Waals surface area (Å²) in [4.78, 5) is 21.4. The van der Waals surface area contributed by atoms with Gasteiger partial charge in [0, 0.05) is 26.1 Å². The molecule has 0 radical (unpaired) electrons. The molecule has 0 aliphatic carbocycles. The average molecular weight is 246 g/mol. The lowest BCUT2D eigenvalue weighted by Crippen LogP contribution is -2.49. The first kappa shape index (κ1) is 12.6. The Hall–Kier alpha value is -1.88. The number of carbonyl (C=O) groups is 1. The maximum atomic E-state index is 12.3. The van der Waals surface area contributed by atoms with Crippen LogP contribution in [0, 0.1) is 0 Å². The largest absolute Gasteiger partial charge is 0.347 e. The van der Waals surface area contributed by atoms with Crippen LogP contribution in [-0.4, -0.2) is 39.9 Å². The van der Waals surface area contributed by atoms with Gasteiger partial charge in [0.25, 0.3) is 0 Å². The number of imidazole rings is 1. The molecule has 1 aliphatic heterocycles. The number of aromatic nitrogens is 2. The van der Waals surface area contributed by atoms with Crippen molar-refractivity contribution in [3.8, 4) is 0 Å². The highest BCUT2D eigenvalue weighted by Gasteiger charge is 2.28. The first-order chi connectivity index (χ1) is 8.76. The predicted octanol–water partition coefficient (Wildman–Crippen LogP) is 0.625. The summed E-state index contributed by atoms with van der Waals surface area (Å²) in [6, 6.07) is -0.208. The molecule has 2 N–H and O–H groups in total. The summed E-state index contributed by atoms with van der Waals surface area (Å²) < 4.78 is 0.